The van der Waals surface area contributed by atoms with Crippen LogP contribution in [-0.4, -0.2) is 10.5 Å². The van der Waals surface area contributed by atoms with Gasteiger partial charge in [0, 0.05) is 0 Å². The van der Waals surface area contributed by atoms with Gasteiger partial charge in [0.05, 0.1) is 16.3 Å². The fourth-order valence-corrected chi connectivity index (χ4v) is 3.60. The van der Waals surface area contributed by atoms with Crippen LogP contribution in [0.4, 0.5) is 0 Å². The number of carbonyl (C=O) groups is 1. The van der Waals surface area contributed by atoms with Crippen molar-refractivity contribution in [1.29, 1.82) is 0 Å². The van der Waals surface area contributed by atoms with Gasteiger partial charge in [-0.25, -0.2) is 0 Å². The largest absolute Gasteiger partial charge is 0.348 e. The lowest BCUT2D eigenvalue weighted by molar-refractivity contribution is -0.122. The van der Waals surface area contributed by atoms with Gasteiger partial charge >= 0.3 is 4.87 Å². The molecule has 24 heavy (non-hydrogen) atoms. The fourth-order valence-electron chi connectivity index (χ4n) is 2.71. The number of fused-ring (bicyclic) bond motifs is 1. The van der Waals surface area contributed by atoms with E-state index in [0.29, 0.717) is 0 Å². The summed E-state index contributed by atoms with van der Waals surface area (Å²) < 4.78 is 2.43. The lowest BCUT2D eigenvalue weighted by Gasteiger charge is -2.16. The van der Waals surface area contributed by atoms with E-state index in [1.165, 1.54) is 27.0 Å². The number of carbonyl (C=O) groups excluding carboxylic acids is 1. The van der Waals surface area contributed by atoms with Gasteiger partial charge in [0.15, 0.2) is 0 Å². The number of amides is 1. The molecule has 0 aliphatic rings. The van der Waals surface area contributed by atoms with Gasteiger partial charge in [-0.3, -0.25) is 14.2 Å². The van der Waals surface area contributed by atoms with Crippen molar-refractivity contribution in [1.82, 2.24) is 9.88 Å². The standard InChI is InChI=1S/C19H20N2O2S/c1-12-8-9-15(10-13(12)2)14(3)20-18(22)11-21-16-6-4-5-7-17(16)24-19(21)23/h4-10,14H,11H2,1-3H3,(H,20,22). The van der Waals surface area contributed by atoms with Crippen molar-refractivity contribution in [3.8, 4) is 0 Å². The minimum absolute atomic E-state index is 0.0397. The van der Waals surface area contributed by atoms with Crippen molar-refractivity contribution in [2.45, 2.75) is 33.4 Å². The quantitative estimate of drug-likeness (QED) is 0.789. The highest BCUT2D eigenvalue weighted by molar-refractivity contribution is 7.16. The summed E-state index contributed by atoms with van der Waals surface area (Å²) in [6, 6.07) is 13.6. The van der Waals surface area contributed by atoms with Crippen LogP contribution in [0.25, 0.3) is 10.2 Å². The summed E-state index contributed by atoms with van der Waals surface area (Å²) >= 11 is 1.17. The van der Waals surface area contributed by atoms with E-state index in [-0.39, 0.29) is 23.4 Å². The number of aryl methyl sites for hydroxylation is 2. The Morgan fingerprint density at radius 2 is 1.92 bits per heavy atom. The molecule has 3 aromatic rings. The molecule has 1 atom stereocenters. The first-order chi connectivity index (χ1) is 11.5. The molecule has 0 spiro atoms. The molecule has 0 aliphatic carbocycles. The van der Waals surface area contributed by atoms with Crippen LogP contribution in [0, 0.1) is 13.8 Å². The molecule has 0 fully saturated rings. The average molecular weight is 340 g/mol. The monoisotopic (exact) mass is 340 g/mol. The second-order valence-corrected chi connectivity index (χ2v) is 7.05. The normalized spacial score (nSPS) is 12.3. The number of hydrogen-bond donors (Lipinski definition) is 1. The number of rotatable bonds is 4. The maximum atomic E-state index is 12.4. The number of nitrogens with zero attached hydrogens (tertiary/aromatic N) is 1. The Balaban J connectivity index is 1.76. The summed E-state index contributed by atoms with van der Waals surface area (Å²) in [7, 11) is 0. The zero-order valence-corrected chi connectivity index (χ0v) is 14.8. The third-order valence-electron chi connectivity index (χ3n) is 4.28. The van der Waals surface area contributed by atoms with Crippen LogP contribution in [0.2, 0.25) is 0 Å². The number of para-hydroxylation sites is 1. The van der Waals surface area contributed by atoms with E-state index in [1.807, 2.05) is 37.3 Å². The van der Waals surface area contributed by atoms with E-state index in [4.69, 9.17) is 0 Å². The molecule has 2 aromatic carbocycles. The van der Waals surface area contributed by atoms with Gasteiger partial charge in [0.25, 0.3) is 0 Å². The Morgan fingerprint density at radius 1 is 1.17 bits per heavy atom. The van der Waals surface area contributed by atoms with Crippen molar-refractivity contribution in [2.75, 3.05) is 0 Å². The molecule has 0 bridgehead atoms. The lowest BCUT2D eigenvalue weighted by atomic mass is 10.0. The Kier molecular flexibility index (Phi) is 4.53. The third kappa shape index (κ3) is 3.26. The second kappa shape index (κ2) is 6.61. The van der Waals surface area contributed by atoms with Crippen LogP contribution in [0.15, 0.2) is 47.3 Å². The summed E-state index contributed by atoms with van der Waals surface area (Å²) in [5.41, 5.74) is 4.30. The molecule has 0 radical (unpaired) electrons. The molecule has 4 nitrogen and oxygen atoms in total. The SMILES string of the molecule is Cc1ccc(C(C)NC(=O)Cn2c(=O)sc3ccccc32)cc1C. The number of nitrogens with one attached hydrogen (secondary N) is 1. The Morgan fingerprint density at radius 3 is 2.67 bits per heavy atom. The van der Waals surface area contributed by atoms with Crippen LogP contribution >= 0.6 is 11.3 Å². The Hall–Kier alpha value is -2.40. The van der Waals surface area contributed by atoms with Gasteiger partial charge in [0.1, 0.15) is 6.54 Å². The summed E-state index contributed by atoms with van der Waals surface area (Å²) in [6.07, 6.45) is 0. The van der Waals surface area contributed by atoms with Crippen LogP contribution in [0.3, 0.4) is 0 Å². The van der Waals surface area contributed by atoms with E-state index >= 15 is 0 Å². The summed E-state index contributed by atoms with van der Waals surface area (Å²) in [5, 5.41) is 2.98. The second-order valence-electron chi connectivity index (χ2n) is 6.05. The first-order valence-corrected chi connectivity index (χ1v) is 8.72. The maximum absolute atomic E-state index is 12.4. The van der Waals surface area contributed by atoms with Crippen molar-refractivity contribution in [3.63, 3.8) is 0 Å². The molecule has 124 valence electrons. The molecule has 0 aliphatic heterocycles. The predicted molar refractivity (Wildman–Crippen MR) is 98.6 cm³/mol. The molecule has 0 saturated heterocycles. The summed E-state index contributed by atoms with van der Waals surface area (Å²) in [4.78, 5) is 24.4. The Labute approximate surface area is 144 Å². The van der Waals surface area contributed by atoms with Gasteiger partial charge in [0.2, 0.25) is 5.91 Å². The minimum atomic E-state index is -0.161. The highest BCUT2D eigenvalue weighted by atomic mass is 32.1. The maximum Gasteiger partial charge on any atom is 0.308 e. The molecule has 1 aromatic heterocycles. The smallest absolute Gasteiger partial charge is 0.308 e. The summed E-state index contributed by atoms with van der Waals surface area (Å²) in [5.74, 6) is -0.161. The fraction of sp³-hybridized carbons (Fsp3) is 0.263. The van der Waals surface area contributed by atoms with Gasteiger partial charge in [-0.15, -0.1) is 0 Å². The first kappa shape index (κ1) is 16.5. The molecular weight excluding hydrogens is 320 g/mol. The molecule has 1 heterocycles. The zero-order valence-electron chi connectivity index (χ0n) is 14.0. The molecule has 0 saturated carbocycles. The van der Waals surface area contributed by atoms with Crippen LogP contribution in [0.5, 0.6) is 0 Å². The van der Waals surface area contributed by atoms with Gasteiger partial charge in [-0.05, 0) is 49.6 Å². The lowest BCUT2D eigenvalue weighted by Crippen LogP contribution is -2.32. The highest BCUT2D eigenvalue weighted by Gasteiger charge is 2.14. The predicted octanol–water partition coefficient (Wildman–Crippen LogP) is 3.56. The first-order valence-electron chi connectivity index (χ1n) is 7.90. The van der Waals surface area contributed by atoms with Crippen molar-refractivity contribution >= 4 is 27.5 Å². The van der Waals surface area contributed by atoms with Crippen molar-refractivity contribution < 1.29 is 4.79 Å². The molecular formula is C19H20N2O2S. The van der Waals surface area contributed by atoms with Gasteiger partial charge < -0.3 is 5.32 Å². The van der Waals surface area contributed by atoms with Crippen LogP contribution < -0.4 is 10.2 Å². The Bertz CT molecular complexity index is 955. The average Bonchev–Trinajstić information content (AvgIpc) is 2.86. The highest BCUT2D eigenvalue weighted by Crippen LogP contribution is 2.18. The number of benzene rings is 2. The van der Waals surface area contributed by atoms with E-state index in [2.05, 4.69) is 31.3 Å². The molecule has 3 rings (SSSR count). The van der Waals surface area contributed by atoms with Crippen LogP contribution in [-0.2, 0) is 11.3 Å². The zero-order chi connectivity index (χ0) is 17.3. The number of aromatic nitrogens is 1. The van der Waals surface area contributed by atoms with Crippen molar-refractivity contribution in [3.05, 3.63) is 68.8 Å². The minimum Gasteiger partial charge on any atom is -0.348 e. The molecule has 1 amide bonds. The van der Waals surface area contributed by atoms with E-state index < -0.39 is 0 Å². The van der Waals surface area contributed by atoms with Gasteiger partial charge in [-0.1, -0.05) is 41.7 Å². The van der Waals surface area contributed by atoms with Gasteiger partial charge in [-0.2, -0.15) is 0 Å². The topological polar surface area (TPSA) is 51.1 Å². The van der Waals surface area contributed by atoms with E-state index in [1.54, 1.807) is 0 Å². The molecule has 5 heteroatoms. The molecule has 1 N–H and O–H groups in total. The molecule has 1 unspecified atom stereocenters. The summed E-state index contributed by atoms with van der Waals surface area (Å²) in [6.45, 7) is 6.12. The van der Waals surface area contributed by atoms with E-state index in [9.17, 15) is 9.59 Å². The number of thiazole rings is 1. The van der Waals surface area contributed by atoms with Crippen molar-refractivity contribution in [2.24, 2.45) is 0 Å². The number of hydrogen-bond acceptors (Lipinski definition) is 3. The van der Waals surface area contributed by atoms with Crippen LogP contribution in [0.1, 0.15) is 29.7 Å². The third-order valence-corrected chi connectivity index (χ3v) is 5.24. The van der Waals surface area contributed by atoms with E-state index in [0.717, 1.165) is 15.8 Å².